The van der Waals surface area contributed by atoms with Crippen LogP contribution in [-0.4, -0.2) is 38.4 Å². The Morgan fingerprint density at radius 3 is 2.46 bits per heavy atom. The molecule has 0 spiro atoms. The summed E-state index contributed by atoms with van der Waals surface area (Å²) in [6, 6.07) is 9.17. The summed E-state index contributed by atoms with van der Waals surface area (Å²) < 4.78 is 15.2. The zero-order chi connectivity index (χ0) is 19.1. The van der Waals surface area contributed by atoms with E-state index in [1.807, 2.05) is 0 Å². The number of benzene rings is 2. The zero-order valence-electron chi connectivity index (χ0n) is 14.4. The van der Waals surface area contributed by atoms with Crippen LogP contribution in [0.15, 0.2) is 41.5 Å². The third-order valence-corrected chi connectivity index (χ3v) is 3.43. The Balaban J connectivity index is 2.22. The van der Waals surface area contributed by atoms with E-state index in [2.05, 4.69) is 10.5 Å². The van der Waals surface area contributed by atoms with E-state index in [9.17, 15) is 14.9 Å². The van der Waals surface area contributed by atoms with Gasteiger partial charge in [-0.15, -0.1) is 0 Å². The van der Waals surface area contributed by atoms with E-state index >= 15 is 0 Å². The number of carbonyl (C=O) groups is 1. The molecule has 0 saturated heterocycles. The Labute approximate surface area is 149 Å². The first kappa shape index (κ1) is 18.7. The second kappa shape index (κ2) is 8.47. The van der Waals surface area contributed by atoms with Crippen LogP contribution in [0.25, 0.3) is 0 Å². The average Bonchev–Trinajstić information content (AvgIpc) is 2.67. The smallest absolute Gasteiger partial charge is 0.311 e. The van der Waals surface area contributed by atoms with E-state index in [0.29, 0.717) is 22.6 Å². The number of rotatable bonds is 7. The highest BCUT2D eigenvalue weighted by Gasteiger charge is 2.19. The molecule has 9 nitrogen and oxygen atoms in total. The number of amides is 1. The van der Waals surface area contributed by atoms with Crippen LogP contribution < -0.4 is 19.6 Å². The lowest BCUT2D eigenvalue weighted by molar-refractivity contribution is -0.385. The van der Waals surface area contributed by atoms with Gasteiger partial charge in [0.25, 0.3) is 5.91 Å². The molecule has 0 unspecified atom stereocenters. The van der Waals surface area contributed by atoms with Gasteiger partial charge in [-0.05, 0) is 18.2 Å². The molecule has 26 heavy (non-hydrogen) atoms. The zero-order valence-corrected chi connectivity index (χ0v) is 14.4. The van der Waals surface area contributed by atoms with Gasteiger partial charge >= 0.3 is 5.69 Å². The summed E-state index contributed by atoms with van der Waals surface area (Å²) in [6.07, 6.45) is 1.25. The Kier molecular flexibility index (Phi) is 6.10. The second-order valence-electron chi connectivity index (χ2n) is 4.95. The van der Waals surface area contributed by atoms with E-state index in [1.165, 1.54) is 39.7 Å². The predicted molar refractivity (Wildman–Crippen MR) is 94.3 cm³/mol. The monoisotopic (exact) mass is 359 g/mol. The SMILES string of the molecule is COc1cccc(C(=O)N/N=C\c2cc([N+](=O)[O-])c(OC)cc2OC)c1. The molecule has 2 aromatic rings. The number of hydrazone groups is 1. The summed E-state index contributed by atoms with van der Waals surface area (Å²) in [6.45, 7) is 0. The molecule has 1 amide bonds. The van der Waals surface area contributed by atoms with Gasteiger partial charge < -0.3 is 14.2 Å². The van der Waals surface area contributed by atoms with Crippen molar-refractivity contribution in [2.45, 2.75) is 0 Å². The maximum absolute atomic E-state index is 12.1. The highest BCUT2D eigenvalue weighted by Crippen LogP contribution is 2.33. The van der Waals surface area contributed by atoms with Crippen molar-refractivity contribution in [1.29, 1.82) is 0 Å². The average molecular weight is 359 g/mol. The highest BCUT2D eigenvalue weighted by molar-refractivity contribution is 5.95. The van der Waals surface area contributed by atoms with Crippen LogP contribution in [0.5, 0.6) is 17.2 Å². The molecule has 0 bridgehead atoms. The fraction of sp³-hybridized carbons (Fsp3) is 0.176. The first-order valence-electron chi connectivity index (χ1n) is 7.38. The van der Waals surface area contributed by atoms with Crippen LogP contribution >= 0.6 is 0 Å². The van der Waals surface area contributed by atoms with Crippen LogP contribution in [0.3, 0.4) is 0 Å². The minimum atomic E-state index is -0.579. The van der Waals surface area contributed by atoms with Gasteiger partial charge in [0.05, 0.1) is 32.5 Å². The molecule has 0 aliphatic heterocycles. The normalized spacial score (nSPS) is 10.4. The molecule has 9 heteroatoms. The van der Waals surface area contributed by atoms with Gasteiger partial charge in [-0.2, -0.15) is 5.10 Å². The summed E-state index contributed by atoms with van der Waals surface area (Å²) in [5, 5.41) is 14.9. The summed E-state index contributed by atoms with van der Waals surface area (Å²) in [7, 11) is 4.23. The predicted octanol–water partition coefficient (Wildman–Crippen LogP) is 2.38. The van der Waals surface area contributed by atoms with Crippen molar-refractivity contribution in [2.75, 3.05) is 21.3 Å². The van der Waals surface area contributed by atoms with Gasteiger partial charge in [-0.25, -0.2) is 5.43 Å². The van der Waals surface area contributed by atoms with Crippen molar-refractivity contribution in [1.82, 2.24) is 5.43 Å². The van der Waals surface area contributed by atoms with E-state index < -0.39 is 10.8 Å². The molecule has 0 aromatic heterocycles. The van der Waals surface area contributed by atoms with Crippen LogP contribution in [0.4, 0.5) is 5.69 Å². The van der Waals surface area contributed by atoms with E-state index in [1.54, 1.807) is 24.3 Å². The number of nitro benzene ring substituents is 1. The Morgan fingerprint density at radius 2 is 1.85 bits per heavy atom. The van der Waals surface area contributed by atoms with Crippen LogP contribution in [0.2, 0.25) is 0 Å². The molecule has 136 valence electrons. The number of nitrogens with zero attached hydrogens (tertiary/aromatic N) is 2. The van der Waals surface area contributed by atoms with Gasteiger partial charge in [0.2, 0.25) is 5.75 Å². The Morgan fingerprint density at radius 1 is 1.12 bits per heavy atom. The number of ether oxygens (including phenoxy) is 3. The number of nitro groups is 1. The number of hydrogen-bond donors (Lipinski definition) is 1. The minimum absolute atomic E-state index is 0.0596. The van der Waals surface area contributed by atoms with E-state index in [0.717, 1.165) is 0 Å². The fourth-order valence-electron chi connectivity index (χ4n) is 2.14. The maximum atomic E-state index is 12.1. The first-order chi connectivity index (χ1) is 12.5. The summed E-state index contributed by atoms with van der Waals surface area (Å²) >= 11 is 0. The first-order valence-corrected chi connectivity index (χ1v) is 7.38. The van der Waals surface area contributed by atoms with Gasteiger partial charge in [0, 0.05) is 23.3 Å². The van der Waals surface area contributed by atoms with Gasteiger partial charge in [-0.1, -0.05) is 6.07 Å². The van der Waals surface area contributed by atoms with Crippen molar-refractivity contribution < 1.29 is 23.9 Å². The quantitative estimate of drug-likeness (QED) is 0.461. The molecule has 2 rings (SSSR count). The molecule has 0 fully saturated rings. The Bertz CT molecular complexity index is 850. The molecule has 0 saturated carbocycles. The van der Waals surface area contributed by atoms with Gasteiger partial charge in [-0.3, -0.25) is 14.9 Å². The van der Waals surface area contributed by atoms with Crippen LogP contribution in [0.1, 0.15) is 15.9 Å². The number of nitrogens with one attached hydrogen (secondary N) is 1. The van der Waals surface area contributed by atoms with Crippen molar-refractivity contribution in [2.24, 2.45) is 5.10 Å². The highest BCUT2D eigenvalue weighted by atomic mass is 16.6. The second-order valence-corrected chi connectivity index (χ2v) is 4.95. The van der Waals surface area contributed by atoms with Gasteiger partial charge in [0.1, 0.15) is 11.5 Å². The minimum Gasteiger partial charge on any atom is -0.497 e. The lowest BCUT2D eigenvalue weighted by Crippen LogP contribution is -2.17. The van der Waals surface area contributed by atoms with Gasteiger partial charge in [0.15, 0.2) is 0 Å². The number of carbonyl (C=O) groups excluding carboxylic acids is 1. The third kappa shape index (κ3) is 4.26. The van der Waals surface area contributed by atoms with Crippen molar-refractivity contribution >= 4 is 17.8 Å². The molecular formula is C17H17N3O6. The molecule has 2 aromatic carbocycles. The van der Waals surface area contributed by atoms with Crippen LogP contribution in [-0.2, 0) is 0 Å². The Hall–Kier alpha value is -3.62. The van der Waals surface area contributed by atoms with E-state index in [4.69, 9.17) is 14.2 Å². The van der Waals surface area contributed by atoms with Crippen molar-refractivity contribution in [3.63, 3.8) is 0 Å². The van der Waals surface area contributed by atoms with E-state index in [-0.39, 0.29) is 11.4 Å². The summed E-state index contributed by atoms with van der Waals surface area (Å²) in [5.74, 6) is 0.451. The maximum Gasteiger partial charge on any atom is 0.311 e. The summed E-state index contributed by atoms with van der Waals surface area (Å²) in [4.78, 5) is 22.6. The van der Waals surface area contributed by atoms with Crippen molar-refractivity contribution in [3.8, 4) is 17.2 Å². The summed E-state index contributed by atoms with van der Waals surface area (Å²) in [5.41, 5.74) is 2.77. The lowest BCUT2D eigenvalue weighted by atomic mass is 10.1. The standard InChI is InChI=1S/C17H17N3O6/c1-24-13-6-4-5-11(7-13)17(21)19-18-10-12-8-14(20(22)23)16(26-3)9-15(12)25-2/h4-10H,1-3H3,(H,19,21)/b18-10-. The molecule has 0 heterocycles. The third-order valence-electron chi connectivity index (χ3n) is 3.43. The van der Waals surface area contributed by atoms with Crippen molar-refractivity contribution in [3.05, 3.63) is 57.6 Å². The topological polar surface area (TPSA) is 112 Å². The lowest BCUT2D eigenvalue weighted by Gasteiger charge is -2.08. The molecule has 0 radical (unpaired) electrons. The molecule has 1 N–H and O–H groups in total. The molecule has 0 aliphatic carbocycles. The number of hydrogen-bond acceptors (Lipinski definition) is 7. The number of methoxy groups -OCH3 is 3. The molecule has 0 aliphatic rings. The molecule has 0 atom stereocenters. The molecular weight excluding hydrogens is 342 g/mol. The van der Waals surface area contributed by atoms with Crippen LogP contribution in [0, 0.1) is 10.1 Å². The largest absolute Gasteiger partial charge is 0.497 e. The fourth-order valence-corrected chi connectivity index (χ4v) is 2.14.